The minimum absolute atomic E-state index is 0.0214. The maximum absolute atomic E-state index is 13.9. The normalized spacial score (nSPS) is 22.2. The summed E-state index contributed by atoms with van der Waals surface area (Å²) in [6.45, 7) is 2.05. The molecule has 0 bridgehead atoms. The first-order chi connectivity index (χ1) is 17.4. The van der Waals surface area contributed by atoms with Crippen molar-refractivity contribution >= 4 is 33.3 Å². The number of benzene rings is 1. The van der Waals surface area contributed by atoms with Crippen molar-refractivity contribution in [3.8, 4) is 0 Å². The number of urea groups is 1. The zero-order chi connectivity index (χ0) is 26.7. The Morgan fingerprint density at radius 1 is 1.22 bits per heavy atom. The predicted octanol–water partition coefficient (Wildman–Crippen LogP) is 2.76. The highest BCUT2D eigenvalue weighted by Gasteiger charge is 2.48. The summed E-state index contributed by atoms with van der Waals surface area (Å²) >= 11 is 0. The highest BCUT2D eigenvalue weighted by atomic mass is 32.2. The molecule has 0 saturated carbocycles. The molecule has 3 aliphatic rings. The van der Waals surface area contributed by atoms with Gasteiger partial charge in [-0.25, -0.2) is 23.2 Å². The van der Waals surface area contributed by atoms with Crippen LogP contribution in [0.25, 0.3) is 0 Å². The van der Waals surface area contributed by atoms with Crippen LogP contribution in [0.1, 0.15) is 35.6 Å². The Kier molecular flexibility index (Phi) is 6.14. The van der Waals surface area contributed by atoms with Crippen LogP contribution in [0.2, 0.25) is 0 Å². The number of ether oxygens (including phenoxy) is 1. The summed E-state index contributed by atoms with van der Waals surface area (Å²) in [6, 6.07) is 3.42. The lowest BCUT2D eigenvalue weighted by molar-refractivity contribution is -0.170. The van der Waals surface area contributed by atoms with Gasteiger partial charge in [0.05, 0.1) is 30.9 Å². The van der Waals surface area contributed by atoms with Crippen molar-refractivity contribution in [1.29, 1.82) is 0 Å². The number of nitrogens with zero attached hydrogens (tertiary/aromatic N) is 5. The molecule has 10 nitrogen and oxygen atoms in total. The number of para-hydroxylation sites is 1. The van der Waals surface area contributed by atoms with Crippen molar-refractivity contribution < 1.29 is 35.9 Å². The van der Waals surface area contributed by atoms with Crippen molar-refractivity contribution in [3.63, 3.8) is 0 Å². The standard InChI is InChI=1S/C23H24F3N5O5S/c1-13-4-3-5-16-17(6-8-29(18(13)16)20(32)23(24,25)26)30-11-14-10-27-21(37(2,34)35)28-19(14)31(22(30)33)15-7-9-36-12-15/h3-5,10,15,17H,6-9,11-12H2,1-2H3/t15?,17-/m0/s1. The number of anilines is 2. The second-order valence-electron chi connectivity index (χ2n) is 9.34. The average Bonchev–Trinajstić information content (AvgIpc) is 3.36. The summed E-state index contributed by atoms with van der Waals surface area (Å²) in [5.41, 5.74) is 1.55. The van der Waals surface area contributed by atoms with Gasteiger partial charge in [-0.3, -0.25) is 9.69 Å². The number of rotatable bonds is 3. The van der Waals surface area contributed by atoms with Gasteiger partial charge in [0.2, 0.25) is 15.0 Å². The first kappa shape index (κ1) is 25.4. The van der Waals surface area contributed by atoms with Crippen molar-refractivity contribution in [1.82, 2.24) is 14.9 Å². The SMILES string of the molecule is Cc1cccc2c1N(C(=O)C(F)(F)F)CC[C@@H]2N1Cc2cnc(S(C)(=O)=O)nc2N(C2CCOC2)C1=O. The summed E-state index contributed by atoms with van der Waals surface area (Å²) in [5.74, 6) is -1.77. The lowest BCUT2D eigenvalue weighted by atomic mass is 9.91. The van der Waals surface area contributed by atoms with Gasteiger partial charge in [-0.15, -0.1) is 0 Å². The number of sulfone groups is 1. The lowest BCUT2D eigenvalue weighted by Gasteiger charge is -2.45. The van der Waals surface area contributed by atoms with E-state index in [1.165, 1.54) is 16.0 Å². The van der Waals surface area contributed by atoms with E-state index in [4.69, 9.17) is 4.74 Å². The first-order valence-corrected chi connectivity index (χ1v) is 13.5. The Hall–Kier alpha value is -3.26. The first-order valence-electron chi connectivity index (χ1n) is 11.6. The molecular weight excluding hydrogens is 515 g/mol. The molecule has 1 aromatic heterocycles. The number of carbonyl (C=O) groups excluding carboxylic acids is 2. The molecule has 37 heavy (non-hydrogen) atoms. The summed E-state index contributed by atoms with van der Waals surface area (Å²) < 4.78 is 69.7. The van der Waals surface area contributed by atoms with Gasteiger partial charge in [0, 0.05) is 31.2 Å². The molecule has 5 rings (SSSR count). The molecule has 0 radical (unpaired) electrons. The fourth-order valence-corrected chi connectivity index (χ4v) is 5.67. The average molecular weight is 540 g/mol. The third-order valence-electron chi connectivity index (χ3n) is 6.83. The number of carbonyl (C=O) groups is 2. The van der Waals surface area contributed by atoms with Gasteiger partial charge in [0.25, 0.3) is 0 Å². The topological polar surface area (TPSA) is 113 Å². The van der Waals surface area contributed by atoms with Crippen molar-refractivity contribution in [2.45, 2.75) is 49.7 Å². The number of hydrogen-bond donors (Lipinski definition) is 0. The number of fused-ring (bicyclic) bond motifs is 2. The number of alkyl halides is 3. The fraction of sp³-hybridized carbons (Fsp3) is 0.478. The summed E-state index contributed by atoms with van der Waals surface area (Å²) in [6.07, 6.45) is -2.12. The van der Waals surface area contributed by atoms with Gasteiger partial charge >= 0.3 is 18.1 Å². The number of amides is 3. The van der Waals surface area contributed by atoms with E-state index in [1.807, 2.05) is 0 Å². The van der Waals surface area contributed by atoms with Gasteiger partial charge in [-0.2, -0.15) is 13.2 Å². The second-order valence-corrected chi connectivity index (χ2v) is 11.3. The van der Waals surface area contributed by atoms with E-state index in [2.05, 4.69) is 9.97 Å². The molecule has 2 atom stereocenters. The van der Waals surface area contributed by atoms with Crippen LogP contribution < -0.4 is 9.80 Å². The summed E-state index contributed by atoms with van der Waals surface area (Å²) in [7, 11) is -3.74. The van der Waals surface area contributed by atoms with Gasteiger partial charge in [-0.05, 0) is 30.9 Å². The highest BCUT2D eigenvalue weighted by Crippen LogP contribution is 2.44. The van der Waals surface area contributed by atoms with Crippen molar-refractivity contribution in [2.75, 3.05) is 35.8 Å². The van der Waals surface area contributed by atoms with E-state index < -0.39 is 45.2 Å². The Morgan fingerprint density at radius 2 is 1.97 bits per heavy atom. The van der Waals surface area contributed by atoms with Crippen LogP contribution in [0.5, 0.6) is 0 Å². The van der Waals surface area contributed by atoms with E-state index >= 15 is 0 Å². The predicted molar refractivity (Wildman–Crippen MR) is 125 cm³/mol. The van der Waals surface area contributed by atoms with Crippen LogP contribution in [0.4, 0.5) is 29.5 Å². The van der Waals surface area contributed by atoms with Crippen LogP contribution in [0.3, 0.4) is 0 Å². The Bertz CT molecular complexity index is 1380. The zero-order valence-electron chi connectivity index (χ0n) is 20.0. The smallest absolute Gasteiger partial charge is 0.379 e. The van der Waals surface area contributed by atoms with Gasteiger partial charge in [0.1, 0.15) is 5.82 Å². The quantitative estimate of drug-likeness (QED) is 0.552. The monoisotopic (exact) mass is 539 g/mol. The van der Waals surface area contributed by atoms with Crippen molar-refractivity contribution in [2.24, 2.45) is 0 Å². The molecule has 3 amide bonds. The molecule has 0 aliphatic carbocycles. The molecule has 4 heterocycles. The molecule has 2 aromatic rings. The van der Waals surface area contributed by atoms with Crippen molar-refractivity contribution in [3.05, 3.63) is 41.1 Å². The molecular formula is C23H24F3N5O5S. The fourth-order valence-electron chi connectivity index (χ4n) is 5.18. The molecule has 0 N–H and O–H groups in total. The molecule has 1 saturated heterocycles. The molecule has 1 aromatic carbocycles. The van der Waals surface area contributed by atoms with Crippen LogP contribution in [-0.4, -0.2) is 73.5 Å². The summed E-state index contributed by atoms with van der Waals surface area (Å²) in [5, 5.41) is -0.406. The third-order valence-corrected chi connectivity index (χ3v) is 7.69. The number of aromatic nitrogens is 2. The second kappa shape index (κ2) is 8.94. The van der Waals surface area contributed by atoms with E-state index in [0.29, 0.717) is 29.7 Å². The van der Waals surface area contributed by atoms with Crippen LogP contribution in [0, 0.1) is 6.92 Å². The zero-order valence-corrected chi connectivity index (χ0v) is 20.8. The Labute approximate surface area is 210 Å². The van der Waals surface area contributed by atoms with Crippen LogP contribution >= 0.6 is 0 Å². The largest absolute Gasteiger partial charge is 0.471 e. The van der Waals surface area contributed by atoms with Crippen LogP contribution in [0.15, 0.2) is 29.6 Å². The number of hydrogen-bond acceptors (Lipinski definition) is 7. The maximum Gasteiger partial charge on any atom is 0.471 e. The van der Waals surface area contributed by atoms with E-state index in [0.717, 1.165) is 11.2 Å². The van der Waals surface area contributed by atoms with Gasteiger partial charge < -0.3 is 14.5 Å². The lowest BCUT2D eigenvalue weighted by Crippen LogP contribution is -2.55. The maximum atomic E-state index is 13.9. The van der Waals surface area contributed by atoms with Crippen LogP contribution in [-0.2, 0) is 25.9 Å². The molecule has 198 valence electrons. The molecule has 3 aliphatic heterocycles. The highest BCUT2D eigenvalue weighted by molar-refractivity contribution is 7.90. The van der Waals surface area contributed by atoms with Gasteiger partial charge in [0.15, 0.2) is 0 Å². The van der Waals surface area contributed by atoms with E-state index in [-0.39, 0.29) is 37.6 Å². The molecule has 0 spiro atoms. The molecule has 14 heteroatoms. The number of aryl methyl sites for hydroxylation is 1. The summed E-state index contributed by atoms with van der Waals surface area (Å²) in [4.78, 5) is 38.0. The minimum atomic E-state index is -5.04. The number of halogens is 3. The third kappa shape index (κ3) is 4.41. The van der Waals surface area contributed by atoms with Gasteiger partial charge in [-0.1, -0.05) is 18.2 Å². The Balaban J connectivity index is 1.59. The molecule has 1 fully saturated rings. The van der Waals surface area contributed by atoms with E-state index in [9.17, 15) is 31.2 Å². The van der Waals surface area contributed by atoms with E-state index in [1.54, 1.807) is 25.1 Å². The molecule has 1 unspecified atom stereocenters. The Morgan fingerprint density at radius 3 is 2.62 bits per heavy atom. The minimum Gasteiger partial charge on any atom is -0.379 e.